The smallest absolute Gasteiger partial charge is 0.0533 e. The predicted octanol–water partition coefficient (Wildman–Crippen LogP) is 2.81. The average Bonchev–Trinajstić information content (AvgIpc) is 2.24. The Morgan fingerprint density at radius 1 is 1.47 bits per heavy atom. The zero-order valence-corrected chi connectivity index (χ0v) is 9.03. The fourth-order valence-electron chi connectivity index (χ4n) is 1.34. The molecule has 78 valence electrons. The van der Waals surface area contributed by atoms with Crippen molar-refractivity contribution in [2.75, 3.05) is 5.73 Å². The molecule has 1 heterocycles. The Balaban J connectivity index is 2.98. The monoisotopic (exact) mass is 200 g/mol. The summed E-state index contributed by atoms with van der Waals surface area (Å²) in [5, 5.41) is 0. The molecular weight excluding hydrogens is 184 g/mol. The van der Waals surface area contributed by atoms with E-state index in [1.165, 1.54) is 0 Å². The predicted molar refractivity (Wildman–Crippen MR) is 65.6 cm³/mol. The molecule has 0 aliphatic rings. The first-order chi connectivity index (χ1) is 7.19. The molecule has 0 atom stereocenters. The van der Waals surface area contributed by atoms with Gasteiger partial charge in [0.1, 0.15) is 0 Å². The van der Waals surface area contributed by atoms with Gasteiger partial charge in [0.15, 0.2) is 0 Å². The van der Waals surface area contributed by atoms with Crippen molar-refractivity contribution in [3.05, 3.63) is 60.5 Å². The molecule has 0 saturated carbocycles. The second-order valence-corrected chi connectivity index (χ2v) is 3.37. The number of anilines is 1. The summed E-state index contributed by atoms with van der Waals surface area (Å²) in [6.45, 7) is 9.43. The summed E-state index contributed by atoms with van der Waals surface area (Å²) in [5.41, 5.74) is 9.84. The molecule has 0 unspecified atom stereocenters. The average molecular weight is 200 g/mol. The minimum Gasteiger partial charge on any atom is -0.397 e. The largest absolute Gasteiger partial charge is 0.397 e. The van der Waals surface area contributed by atoms with Crippen molar-refractivity contribution in [1.82, 2.24) is 4.98 Å². The molecule has 0 aromatic carbocycles. The van der Waals surface area contributed by atoms with E-state index < -0.39 is 0 Å². The van der Waals surface area contributed by atoms with Gasteiger partial charge in [-0.1, -0.05) is 31.4 Å². The maximum atomic E-state index is 5.78. The van der Waals surface area contributed by atoms with Gasteiger partial charge in [-0.15, -0.1) is 0 Å². The van der Waals surface area contributed by atoms with Crippen LogP contribution in [0.4, 0.5) is 5.69 Å². The normalized spacial score (nSPS) is 11.1. The number of pyridine rings is 1. The van der Waals surface area contributed by atoms with Gasteiger partial charge in [0.05, 0.1) is 11.9 Å². The summed E-state index contributed by atoms with van der Waals surface area (Å²) in [7, 11) is 0. The van der Waals surface area contributed by atoms with E-state index in [0.717, 1.165) is 28.8 Å². The van der Waals surface area contributed by atoms with Crippen LogP contribution in [0.15, 0.2) is 49.4 Å². The fourth-order valence-corrected chi connectivity index (χ4v) is 1.34. The SMILES string of the molecule is C=C/C=C(\C=C)Cc1cncc(N)c1C. The van der Waals surface area contributed by atoms with Crippen molar-refractivity contribution in [2.24, 2.45) is 0 Å². The molecule has 1 aromatic rings. The van der Waals surface area contributed by atoms with E-state index in [0.29, 0.717) is 0 Å². The van der Waals surface area contributed by atoms with Gasteiger partial charge in [0.2, 0.25) is 0 Å². The number of nitrogens with zero attached hydrogens (tertiary/aromatic N) is 1. The van der Waals surface area contributed by atoms with Gasteiger partial charge >= 0.3 is 0 Å². The Morgan fingerprint density at radius 2 is 2.20 bits per heavy atom. The third-order valence-electron chi connectivity index (χ3n) is 2.35. The topological polar surface area (TPSA) is 38.9 Å². The summed E-state index contributed by atoms with van der Waals surface area (Å²) in [5.74, 6) is 0. The molecule has 0 spiro atoms. The number of rotatable bonds is 4. The van der Waals surface area contributed by atoms with Gasteiger partial charge in [-0.05, 0) is 30.0 Å². The molecule has 1 rings (SSSR count). The Morgan fingerprint density at radius 3 is 2.80 bits per heavy atom. The number of hydrogen-bond donors (Lipinski definition) is 1. The summed E-state index contributed by atoms with van der Waals surface area (Å²) >= 11 is 0. The summed E-state index contributed by atoms with van der Waals surface area (Å²) in [4.78, 5) is 4.08. The maximum Gasteiger partial charge on any atom is 0.0533 e. The van der Waals surface area contributed by atoms with Crippen molar-refractivity contribution in [2.45, 2.75) is 13.3 Å². The van der Waals surface area contributed by atoms with Crippen molar-refractivity contribution in [3.63, 3.8) is 0 Å². The van der Waals surface area contributed by atoms with Crippen LogP contribution < -0.4 is 5.73 Å². The highest BCUT2D eigenvalue weighted by Crippen LogP contribution is 2.17. The highest BCUT2D eigenvalue weighted by molar-refractivity contribution is 5.48. The van der Waals surface area contributed by atoms with E-state index >= 15 is 0 Å². The second kappa shape index (κ2) is 5.15. The molecule has 0 amide bonds. The first-order valence-electron chi connectivity index (χ1n) is 4.82. The highest BCUT2D eigenvalue weighted by Gasteiger charge is 2.02. The highest BCUT2D eigenvalue weighted by atomic mass is 14.7. The van der Waals surface area contributed by atoms with Crippen molar-refractivity contribution >= 4 is 5.69 Å². The van der Waals surface area contributed by atoms with Crippen LogP contribution in [-0.4, -0.2) is 4.98 Å². The van der Waals surface area contributed by atoms with E-state index in [-0.39, 0.29) is 0 Å². The minimum absolute atomic E-state index is 0.731. The van der Waals surface area contributed by atoms with Crippen molar-refractivity contribution in [3.8, 4) is 0 Å². The van der Waals surface area contributed by atoms with E-state index in [2.05, 4.69) is 18.1 Å². The first-order valence-corrected chi connectivity index (χ1v) is 4.82. The first kappa shape index (κ1) is 11.2. The summed E-state index contributed by atoms with van der Waals surface area (Å²) in [6, 6.07) is 0. The molecule has 2 N–H and O–H groups in total. The van der Waals surface area contributed by atoms with Gasteiger partial charge in [0, 0.05) is 6.20 Å². The number of aromatic nitrogens is 1. The van der Waals surface area contributed by atoms with E-state index in [9.17, 15) is 0 Å². The lowest BCUT2D eigenvalue weighted by atomic mass is 10.0. The Kier molecular flexibility index (Phi) is 3.86. The number of nitrogen functional groups attached to an aromatic ring is 1. The molecule has 0 saturated heterocycles. The minimum atomic E-state index is 0.731. The van der Waals surface area contributed by atoms with Crippen LogP contribution >= 0.6 is 0 Å². The molecule has 15 heavy (non-hydrogen) atoms. The lowest BCUT2D eigenvalue weighted by Gasteiger charge is -2.07. The van der Waals surface area contributed by atoms with Crippen LogP contribution in [0.3, 0.4) is 0 Å². The van der Waals surface area contributed by atoms with Gasteiger partial charge in [-0.25, -0.2) is 0 Å². The van der Waals surface area contributed by atoms with Crippen LogP contribution in [-0.2, 0) is 6.42 Å². The quantitative estimate of drug-likeness (QED) is 0.759. The molecular formula is C13H16N2. The molecule has 0 fully saturated rings. The van der Waals surface area contributed by atoms with E-state index in [1.807, 2.05) is 25.3 Å². The van der Waals surface area contributed by atoms with Crippen LogP contribution in [0.2, 0.25) is 0 Å². The van der Waals surface area contributed by atoms with Crippen molar-refractivity contribution < 1.29 is 0 Å². The third kappa shape index (κ3) is 2.81. The molecule has 0 aliphatic carbocycles. The number of hydrogen-bond acceptors (Lipinski definition) is 2. The van der Waals surface area contributed by atoms with Crippen LogP contribution in [0.25, 0.3) is 0 Å². The van der Waals surface area contributed by atoms with E-state index in [4.69, 9.17) is 5.73 Å². The Bertz CT molecular complexity index is 403. The molecule has 1 aromatic heterocycles. The Labute approximate surface area is 90.8 Å². The molecule has 0 aliphatic heterocycles. The molecule has 0 radical (unpaired) electrons. The fraction of sp³-hybridized carbons (Fsp3) is 0.154. The number of nitrogens with two attached hydrogens (primary N) is 1. The lowest BCUT2D eigenvalue weighted by molar-refractivity contribution is 1.12. The number of allylic oxidation sites excluding steroid dienone is 4. The zero-order valence-electron chi connectivity index (χ0n) is 9.03. The molecule has 2 heteroatoms. The van der Waals surface area contributed by atoms with Crippen LogP contribution in [0, 0.1) is 6.92 Å². The summed E-state index contributed by atoms with van der Waals surface area (Å²) < 4.78 is 0. The van der Waals surface area contributed by atoms with Gasteiger partial charge in [-0.3, -0.25) is 4.98 Å². The van der Waals surface area contributed by atoms with Crippen LogP contribution in [0.1, 0.15) is 11.1 Å². The zero-order chi connectivity index (χ0) is 11.3. The van der Waals surface area contributed by atoms with Gasteiger partial charge in [0.25, 0.3) is 0 Å². The standard InChI is InChI=1S/C13H16N2/c1-4-6-11(5-2)7-12-8-15-9-13(14)10(12)3/h4-6,8-9H,1-2,7,14H2,3H3/b11-6+. The van der Waals surface area contributed by atoms with E-state index in [1.54, 1.807) is 12.3 Å². The Hall–Kier alpha value is -1.83. The van der Waals surface area contributed by atoms with Crippen molar-refractivity contribution in [1.29, 1.82) is 0 Å². The lowest BCUT2D eigenvalue weighted by Crippen LogP contribution is -1.98. The van der Waals surface area contributed by atoms with Crippen LogP contribution in [0.5, 0.6) is 0 Å². The molecule has 0 bridgehead atoms. The third-order valence-corrected chi connectivity index (χ3v) is 2.35. The summed E-state index contributed by atoms with van der Waals surface area (Å²) in [6.07, 6.45) is 9.82. The van der Waals surface area contributed by atoms with Gasteiger partial charge < -0.3 is 5.73 Å². The maximum absolute atomic E-state index is 5.78. The van der Waals surface area contributed by atoms with Gasteiger partial charge in [-0.2, -0.15) is 0 Å². The second-order valence-electron chi connectivity index (χ2n) is 3.37. The molecule has 2 nitrogen and oxygen atoms in total.